The molecule has 0 spiro atoms. The molecule has 5 rings (SSSR count). The number of nitrogens with zero attached hydrogens (tertiary/aromatic N) is 5. The van der Waals surface area contributed by atoms with Crippen LogP contribution >= 0.6 is 0 Å². The Hall–Kier alpha value is -3.76. The molecule has 1 aliphatic rings. The molecule has 0 atom stereocenters. The number of aromatic nitrogens is 3. The van der Waals surface area contributed by atoms with Crippen molar-refractivity contribution in [1.82, 2.24) is 14.8 Å². The van der Waals surface area contributed by atoms with Crippen molar-refractivity contribution in [2.24, 2.45) is 12.8 Å². The van der Waals surface area contributed by atoms with E-state index in [9.17, 15) is 4.39 Å². The Labute approximate surface area is 185 Å². The zero-order valence-electron chi connectivity index (χ0n) is 17.8. The van der Waals surface area contributed by atoms with Gasteiger partial charge in [-0.05, 0) is 42.7 Å². The number of piperidine rings is 1. The second-order valence-corrected chi connectivity index (χ2v) is 8.30. The first-order valence-electron chi connectivity index (χ1n) is 10.7. The molecule has 0 bridgehead atoms. The predicted molar refractivity (Wildman–Crippen MR) is 123 cm³/mol. The normalized spacial score (nSPS) is 14.6. The van der Waals surface area contributed by atoms with Crippen molar-refractivity contribution in [3.05, 3.63) is 66.2 Å². The number of rotatable bonds is 3. The molecule has 6 nitrogen and oxygen atoms in total. The van der Waals surface area contributed by atoms with Crippen molar-refractivity contribution in [2.45, 2.75) is 18.9 Å². The predicted octanol–water partition coefficient (Wildman–Crippen LogP) is 4.24. The Morgan fingerprint density at radius 3 is 2.62 bits per heavy atom. The van der Waals surface area contributed by atoms with E-state index in [4.69, 9.17) is 16.0 Å². The Bertz CT molecular complexity index is 1340. The first-order valence-corrected chi connectivity index (χ1v) is 10.7. The molecule has 160 valence electrons. The number of aryl methyl sites for hydroxylation is 1. The van der Waals surface area contributed by atoms with E-state index in [0.717, 1.165) is 59.3 Å². The topological polar surface area (TPSA) is 83.8 Å². The molecule has 0 aliphatic carbocycles. The first kappa shape index (κ1) is 20.2. The summed E-state index contributed by atoms with van der Waals surface area (Å²) in [7, 11) is 1.89. The average Bonchev–Trinajstić information content (AvgIpc) is 3.18. The second-order valence-electron chi connectivity index (χ2n) is 8.30. The quantitative estimate of drug-likeness (QED) is 0.530. The molecule has 3 heterocycles. The third kappa shape index (κ3) is 3.70. The molecule has 32 heavy (non-hydrogen) atoms. The molecule has 0 radical (unpaired) electrons. The standard InChI is InChI=1S/C25H23FN6/c1-31-15-19-5-3-17(11-24(19)30-31)25-22(16-2-4-18(13-27)23(26)10-16)12-21(14-29-25)32-8-6-20(28)7-9-32/h2-5,10-12,14-15,20H,6-9,28H2,1H3. The molecule has 2 aromatic heterocycles. The summed E-state index contributed by atoms with van der Waals surface area (Å²) in [5.74, 6) is -0.537. The molecule has 2 N–H and O–H groups in total. The van der Waals surface area contributed by atoms with E-state index < -0.39 is 5.82 Å². The lowest BCUT2D eigenvalue weighted by atomic mass is 9.96. The van der Waals surface area contributed by atoms with E-state index in [1.54, 1.807) is 10.7 Å². The van der Waals surface area contributed by atoms with Gasteiger partial charge in [-0.2, -0.15) is 10.4 Å². The molecule has 0 amide bonds. The lowest BCUT2D eigenvalue weighted by molar-refractivity contribution is 0.501. The highest BCUT2D eigenvalue weighted by Gasteiger charge is 2.19. The lowest BCUT2D eigenvalue weighted by Gasteiger charge is -2.32. The molecular weight excluding hydrogens is 403 g/mol. The molecule has 1 fully saturated rings. The zero-order chi connectivity index (χ0) is 22.2. The van der Waals surface area contributed by atoms with Gasteiger partial charge in [0.15, 0.2) is 0 Å². The minimum atomic E-state index is -0.537. The van der Waals surface area contributed by atoms with Gasteiger partial charge < -0.3 is 10.6 Å². The van der Waals surface area contributed by atoms with Crippen LogP contribution < -0.4 is 10.6 Å². The van der Waals surface area contributed by atoms with Crippen LogP contribution in [-0.2, 0) is 7.05 Å². The summed E-state index contributed by atoms with van der Waals surface area (Å²) in [6, 6.07) is 14.9. The van der Waals surface area contributed by atoms with Crippen LogP contribution in [0.3, 0.4) is 0 Å². The third-order valence-electron chi connectivity index (χ3n) is 6.07. The van der Waals surface area contributed by atoms with Gasteiger partial charge in [-0.1, -0.05) is 18.2 Å². The average molecular weight is 426 g/mol. The Morgan fingerprint density at radius 2 is 1.88 bits per heavy atom. The van der Waals surface area contributed by atoms with Crippen LogP contribution in [0.4, 0.5) is 10.1 Å². The monoisotopic (exact) mass is 426 g/mol. The number of halogens is 1. The van der Waals surface area contributed by atoms with Gasteiger partial charge in [0.2, 0.25) is 0 Å². The molecule has 2 aromatic carbocycles. The summed E-state index contributed by atoms with van der Waals surface area (Å²) in [6.45, 7) is 1.73. The van der Waals surface area contributed by atoms with Gasteiger partial charge in [-0.3, -0.25) is 9.67 Å². The summed E-state index contributed by atoms with van der Waals surface area (Å²) < 4.78 is 16.3. The van der Waals surface area contributed by atoms with E-state index >= 15 is 0 Å². The highest BCUT2D eigenvalue weighted by Crippen LogP contribution is 2.35. The summed E-state index contributed by atoms with van der Waals surface area (Å²) in [5.41, 5.74) is 11.1. The van der Waals surface area contributed by atoms with Gasteiger partial charge in [-0.25, -0.2) is 4.39 Å². The number of fused-ring (bicyclic) bond motifs is 1. The van der Waals surface area contributed by atoms with Crippen molar-refractivity contribution in [3.8, 4) is 28.5 Å². The number of nitriles is 1. The van der Waals surface area contributed by atoms with Gasteiger partial charge in [0.25, 0.3) is 0 Å². The number of pyridine rings is 1. The maximum atomic E-state index is 14.5. The van der Waals surface area contributed by atoms with E-state index in [1.807, 2.05) is 43.7 Å². The summed E-state index contributed by atoms with van der Waals surface area (Å²) >= 11 is 0. The first-order chi connectivity index (χ1) is 15.5. The van der Waals surface area contributed by atoms with Crippen LogP contribution in [0.2, 0.25) is 0 Å². The van der Waals surface area contributed by atoms with E-state index in [1.165, 1.54) is 12.1 Å². The lowest BCUT2D eigenvalue weighted by Crippen LogP contribution is -2.39. The van der Waals surface area contributed by atoms with Crippen LogP contribution in [-0.4, -0.2) is 33.9 Å². The van der Waals surface area contributed by atoms with Crippen LogP contribution in [0, 0.1) is 17.1 Å². The van der Waals surface area contributed by atoms with Crippen LogP contribution in [0.25, 0.3) is 33.3 Å². The number of benzene rings is 2. The van der Waals surface area contributed by atoms with Crippen LogP contribution in [0.1, 0.15) is 18.4 Å². The second kappa shape index (κ2) is 8.06. The summed E-state index contributed by atoms with van der Waals surface area (Å²) in [6.07, 6.45) is 5.70. The Balaban J connectivity index is 1.64. The molecule has 7 heteroatoms. The van der Waals surface area contributed by atoms with Crippen molar-refractivity contribution < 1.29 is 4.39 Å². The Kier molecular flexibility index (Phi) is 5.08. The highest BCUT2D eigenvalue weighted by atomic mass is 19.1. The maximum Gasteiger partial charge on any atom is 0.141 e. The minimum Gasteiger partial charge on any atom is -0.370 e. The van der Waals surface area contributed by atoms with Gasteiger partial charge in [0.1, 0.15) is 11.9 Å². The molecule has 0 unspecified atom stereocenters. The summed E-state index contributed by atoms with van der Waals surface area (Å²) in [5, 5.41) is 14.7. The fourth-order valence-electron chi connectivity index (χ4n) is 4.29. The van der Waals surface area contributed by atoms with Crippen molar-refractivity contribution in [2.75, 3.05) is 18.0 Å². The Morgan fingerprint density at radius 1 is 1.09 bits per heavy atom. The van der Waals surface area contributed by atoms with Gasteiger partial charge >= 0.3 is 0 Å². The van der Waals surface area contributed by atoms with Gasteiger partial charge in [-0.15, -0.1) is 0 Å². The number of hydrogen-bond acceptors (Lipinski definition) is 5. The molecule has 0 saturated carbocycles. The molecule has 4 aromatic rings. The summed E-state index contributed by atoms with van der Waals surface area (Å²) in [4.78, 5) is 7.08. The van der Waals surface area contributed by atoms with Crippen LogP contribution in [0.5, 0.6) is 0 Å². The SMILES string of the molecule is Cn1cc2ccc(-c3ncc(N4CCC(N)CC4)cc3-c3ccc(C#N)c(F)c3)cc2n1. The van der Waals surface area contributed by atoms with Crippen molar-refractivity contribution >= 4 is 16.6 Å². The largest absolute Gasteiger partial charge is 0.370 e. The molecule has 1 saturated heterocycles. The minimum absolute atomic E-state index is 0.0272. The fraction of sp³-hybridized carbons (Fsp3) is 0.240. The van der Waals surface area contributed by atoms with Crippen LogP contribution in [0.15, 0.2) is 54.9 Å². The van der Waals surface area contributed by atoms with Gasteiger partial charge in [0.05, 0.1) is 28.7 Å². The smallest absolute Gasteiger partial charge is 0.141 e. The van der Waals surface area contributed by atoms with Gasteiger partial charge in [0, 0.05) is 48.9 Å². The number of nitrogens with two attached hydrogens (primary N) is 1. The molecule has 1 aliphatic heterocycles. The van der Waals surface area contributed by atoms with Crippen molar-refractivity contribution in [1.29, 1.82) is 5.26 Å². The number of anilines is 1. The number of hydrogen-bond donors (Lipinski definition) is 1. The highest BCUT2D eigenvalue weighted by molar-refractivity contribution is 5.89. The third-order valence-corrected chi connectivity index (χ3v) is 6.07. The maximum absolute atomic E-state index is 14.5. The van der Waals surface area contributed by atoms with Crippen molar-refractivity contribution in [3.63, 3.8) is 0 Å². The van der Waals surface area contributed by atoms with E-state index in [-0.39, 0.29) is 11.6 Å². The zero-order valence-corrected chi connectivity index (χ0v) is 17.8. The fourth-order valence-corrected chi connectivity index (χ4v) is 4.29. The van der Waals surface area contributed by atoms with E-state index in [2.05, 4.69) is 16.1 Å². The molecular formula is C25H23FN6. The van der Waals surface area contributed by atoms with E-state index in [0.29, 0.717) is 5.56 Å².